The first-order chi connectivity index (χ1) is 7.74. The minimum absolute atomic E-state index is 0.806. The third kappa shape index (κ3) is 2.11. The smallest absolute Gasteiger partial charge is 0.145 e. The lowest BCUT2D eigenvalue weighted by Gasteiger charge is -2.08. The van der Waals surface area contributed by atoms with Gasteiger partial charge in [0.2, 0.25) is 0 Å². The van der Waals surface area contributed by atoms with Crippen molar-refractivity contribution in [3.63, 3.8) is 0 Å². The number of rotatable bonds is 3. The second-order valence-electron chi connectivity index (χ2n) is 3.42. The number of nitrogens with zero attached hydrogens (tertiary/aromatic N) is 2. The number of hydrogen-bond acceptors (Lipinski definition) is 2. The zero-order chi connectivity index (χ0) is 11.5. The van der Waals surface area contributed by atoms with E-state index in [0.29, 0.717) is 0 Å². The lowest BCUT2D eigenvalue weighted by Crippen LogP contribution is -1.99. The van der Waals surface area contributed by atoms with Crippen LogP contribution in [-0.4, -0.2) is 16.9 Å². The molecule has 0 amide bonds. The summed E-state index contributed by atoms with van der Waals surface area (Å²) in [5, 5.41) is 4.46. The molecule has 3 nitrogen and oxygen atoms in total. The average Bonchev–Trinajstić information content (AvgIpc) is 2.77. The van der Waals surface area contributed by atoms with Gasteiger partial charge in [-0.25, -0.2) is 4.68 Å². The maximum atomic E-state index is 5.33. The van der Waals surface area contributed by atoms with Gasteiger partial charge in [-0.15, -0.1) is 0 Å². The van der Waals surface area contributed by atoms with Gasteiger partial charge < -0.3 is 4.74 Å². The predicted molar refractivity (Wildman–Crippen MR) is 67.2 cm³/mol. The molecule has 0 radical (unpaired) electrons. The van der Waals surface area contributed by atoms with Crippen LogP contribution in [0.25, 0.3) is 5.69 Å². The molecule has 2 aromatic rings. The zero-order valence-electron chi connectivity index (χ0n) is 9.27. The topological polar surface area (TPSA) is 27.1 Å². The standard InChI is InChI=1S/C12H13BrN2O/c1-3-10-6-7-15(14-10)11-5-4-9(13)8-12(11)16-2/h4-8H,3H2,1-2H3. The Morgan fingerprint density at radius 1 is 1.38 bits per heavy atom. The maximum Gasteiger partial charge on any atom is 0.145 e. The van der Waals surface area contributed by atoms with Crippen molar-refractivity contribution in [2.75, 3.05) is 7.11 Å². The highest BCUT2D eigenvalue weighted by Gasteiger charge is 2.07. The molecule has 0 spiro atoms. The van der Waals surface area contributed by atoms with E-state index >= 15 is 0 Å². The molecule has 0 aliphatic heterocycles. The second kappa shape index (κ2) is 4.70. The fraction of sp³-hybridized carbons (Fsp3) is 0.250. The quantitative estimate of drug-likeness (QED) is 0.863. The first kappa shape index (κ1) is 11.2. The van der Waals surface area contributed by atoms with Gasteiger partial charge >= 0.3 is 0 Å². The van der Waals surface area contributed by atoms with Gasteiger partial charge in [0.25, 0.3) is 0 Å². The van der Waals surface area contributed by atoms with Crippen molar-refractivity contribution in [3.05, 3.63) is 40.6 Å². The summed E-state index contributed by atoms with van der Waals surface area (Å²) in [6.07, 6.45) is 2.89. The molecule has 84 valence electrons. The van der Waals surface area contributed by atoms with E-state index in [2.05, 4.69) is 28.0 Å². The molecule has 1 aromatic heterocycles. The summed E-state index contributed by atoms with van der Waals surface area (Å²) in [7, 11) is 1.66. The first-order valence-corrected chi connectivity index (χ1v) is 5.92. The normalized spacial score (nSPS) is 10.4. The Balaban J connectivity index is 2.46. The van der Waals surface area contributed by atoms with Gasteiger partial charge in [-0.3, -0.25) is 0 Å². The van der Waals surface area contributed by atoms with Crippen molar-refractivity contribution in [2.24, 2.45) is 0 Å². The van der Waals surface area contributed by atoms with E-state index in [-0.39, 0.29) is 0 Å². The Labute approximate surface area is 103 Å². The Hall–Kier alpha value is -1.29. The molecular formula is C12H13BrN2O. The van der Waals surface area contributed by atoms with Gasteiger partial charge in [0.05, 0.1) is 12.8 Å². The Bertz CT molecular complexity index is 494. The minimum Gasteiger partial charge on any atom is -0.494 e. The lowest BCUT2D eigenvalue weighted by atomic mass is 10.3. The molecule has 0 N–H and O–H groups in total. The molecule has 1 aromatic carbocycles. The van der Waals surface area contributed by atoms with E-state index in [1.807, 2.05) is 35.1 Å². The van der Waals surface area contributed by atoms with Gasteiger partial charge in [0, 0.05) is 10.7 Å². The summed E-state index contributed by atoms with van der Waals surface area (Å²) in [5.41, 5.74) is 2.02. The number of aryl methyl sites for hydroxylation is 1. The monoisotopic (exact) mass is 280 g/mol. The number of ether oxygens (including phenoxy) is 1. The van der Waals surface area contributed by atoms with Gasteiger partial charge in [-0.1, -0.05) is 22.9 Å². The van der Waals surface area contributed by atoms with E-state index in [9.17, 15) is 0 Å². The van der Waals surface area contributed by atoms with Gasteiger partial charge in [0.15, 0.2) is 0 Å². The molecule has 0 unspecified atom stereocenters. The van der Waals surface area contributed by atoms with Crippen LogP contribution in [0.5, 0.6) is 5.75 Å². The van der Waals surface area contributed by atoms with Crippen LogP contribution in [0.1, 0.15) is 12.6 Å². The SMILES string of the molecule is CCc1ccn(-c2ccc(Br)cc2OC)n1. The van der Waals surface area contributed by atoms with Crippen LogP contribution >= 0.6 is 15.9 Å². The first-order valence-electron chi connectivity index (χ1n) is 5.13. The second-order valence-corrected chi connectivity index (χ2v) is 4.34. The van der Waals surface area contributed by atoms with E-state index in [4.69, 9.17) is 4.74 Å². The molecule has 1 heterocycles. The van der Waals surface area contributed by atoms with Crippen molar-refractivity contribution in [1.29, 1.82) is 0 Å². The summed E-state index contributed by atoms with van der Waals surface area (Å²) in [4.78, 5) is 0. The molecule has 0 saturated carbocycles. The van der Waals surface area contributed by atoms with Crippen LogP contribution in [0.3, 0.4) is 0 Å². The van der Waals surface area contributed by atoms with Gasteiger partial charge in [-0.2, -0.15) is 5.10 Å². The largest absolute Gasteiger partial charge is 0.494 e. The number of methoxy groups -OCH3 is 1. The van der Waals surface area contributed by atoms with Crippen molar-refractivity contribution >= 4 is 15.9 Å². The highest BCUT2D eigenvalue weighted by atomic mass is 79.9. The third-order valence-corrected chi connectivity index (χ3v) is 2.89. The highest BCUT2D eigenvalue weighted by Crippen LogP contribution is 2.26. The molecule has 4 heteroatoms. The van der Waals surface area contributed by atoms with Crippen LogP contribution in [0, 0.1) is 0 Å². The van der Waals surface area contributed by atoms with Crippen LogP contribution in [0.2, 0.25) is 0 Å². The van der Waals surface area contributed by atoms with Crippen LogP contribution in [-0.2, 0) is 6.42 Å². The molecule has 2 rings (SSSR count). The fourth-order valence-electron chi connectivity index (χ4n) is 1.53. The highest BCUT2D eigenvalue weighted by molar-refractivity contribution is 9.10. The van der Waals surface area contributed by atoms with Crippen molar-refractivity contribution in [2.45, 2.75) is 13.3 Å². The van der Waals surface area contributed by atoms with Crippen LogP contribution < -0.4 is 4.74 Å². The lowest BCUT2D eigenvalue weighted by molar-refractivity contribution is 0.411. The van der Waals surface area contributed by atoms with E-state index in [1.54, 1.807) is 7.11 Å². The van der Waals surface area contributed by atoms with Crippen molar-refractivity contribution in [3.8, 4) is 11.4 Å². The number of benzene rings is 1. The van der Waals surface area contributed by atoms with Crippen LogP contribution in [0.15, 0.2) is 34.9 Å². The fourth-order valence-corrected chi connectivity index (χ4v) is 1.87. The van der Waals surface area contributed by atoms with E-state index < -0.39 is 0 Å². The Morgan fingerprint density at radius 2 is 2.19 bits per heavy atom. The zero-order valence-corrected chi connectivity index (χ0v) is 10.9. The van der Waals surface area contributed by atoms with Crippen molar-refractivity contribution < 1.29 is 4.74 Å². The number of aromatic nitrogens is 2. The summed E-state index contributed by atoms with van der Waals surface area (Å²) in [6.45, 7) is 2.09. The molecular weight excluding hydrogens is 268 g/mol. The Kier molecular flexibility index (Phi) is 3.29. The van der Waals surface area contributed by atoms with Gasteiger partial charge in [0.1, 0.15) is 11.4 Å². The van der Waals surface area contributed by atoms with E-state index in [1.165, 1.54) is 0 Å². The Morgan fingerprint density at radius 3 is 2.81 bits per heavy atom. The summed E-state index contributed by atoms with van der Waals surface area (Å²) in [5.74, 6) is 0.806. The number of halogens is 1. The predicted octanol–water partition coefficient (Wildman–Crippen LogP) is 3.21. The molecule has 0 aliphatic rings. The number of hydrogen-bond donors (Lipinski definition) is 0. The molecule has 0 bridgehead atoms. The average molecular weight is 281 g/mol. The molecule has 0 fully saturated rings. The summed E-state index contributed by atoms with van der Waals surface area (Å²) in [6, 6.07) is 7.91. The minimum atomic E-state index is 0.806. The molecule has 0 saturated heterocycles. The summed E-state index contributed by atoms with van der Waals surface area (Å²) >= 11 is 3.42. The third-order valence-electron chi connectivity index (χ3n) is 2.40. The van der Waals surface area contributed by atoms with Crippen LogP contribution in [0.4, 0.5) is 0 Å². The maximum absolute atomic E-state index is 5.33. The van der Waals surface area contributed by atoms with Gasteiger partial charge in [-0.05, 0) is 30.7 Å². The van der Waals surface area contributed by atoms with E-state index in [0.717, 1.165) is 28.0 Å². The molecule has 0 atom stereocenters. The van der Waals surface area contributed by atoms with Crippen molar-refractivity contribution in [1.82, 2.24) is 9.78 Å². The molecule has 0 aliphatic carbocycles. The summed E-state index contributed by atoms with van der Waals surface area (Å²) < 4.78 is 8.17. The molecule has 16 heavy (non-hydrogen) atoms.